The van der Waals surface area contributed by atoms with Crippen LogP contribution in [0.25, 0.3) is 10.2 Å². The van der Waals surface area contributed by atoms with E-state index in [4.69, 9.17) is 0 Å². The zero-order chi connectivity index (χ0) is 11.1. The van der Waals surface area contributed by atoms with Crippen molar-refractivity contribution in [2.75, 3.05) is 0 Å². The molecule has 0 bridgehead atoms. The number of rotatable bonds is 1. The summed E-state index contributed by atoms with van der Waals surface area (Å²) < 4.78 is 0. The Balaban J connectivity index is 2.75. The monoisotopic (exact) mass is 236 g/mol. The topological polar surface area (TPSA) is 0 Å². The quantitative estimate of drug-likeness (QED) is 0.593. The molecule has 0 saturated heterocycles. The highest BCUT2D eigenvalue weighted by atomic mass is 31.1. The number of aryl methyl sites for hydroxylation is 1. The lowest BCUT2D eigenvalue weighted by Gasteiger charge is -2.19. The van der Waals surface area contributed by atoms with Gasteiger partial charge in [-0.05, 0) is 17.6 Å². The Bertz CT molecular complexity index is 475. The van der Waals surface area contributed by atoms with E-state index >= 15 is 0 Å². The molecule has 2 rings (SSSR count). The molecular formula is C13H18P2. The van der Waals surface area contributed by atoms with E-state index < -0.39 is 0 Å². The molecule has 0 radical (unpaired) electrons. The Morgan fingerprint density at radius 1 is 1.20 bits per heavy atom. The van der Waals surface area contributed by atoms with Gasteiger partial charge in [-0.25, -0.2) is 0 Å². The molecule has 0 nitrogen and oxygen atoms in total. The molecule has 1 unspecified atom stereocenters. The van der Waals surface area contributed by atoms with Gasteiger partial charge in [0, 0.05) is 15.3 Å². The zero-order valence-corrected chi connectivity index (χ0v) is 11.7. The first kappa shape index (κ1) is 11.2. The molecule has 0 spiro atoms. The molecule has 15 heavy (non-hydrogen) atoms. The van der Waals surface area contributed by atoms with Crippen LogP contribution in [-0.2, 0) is 11.6 Å². The van der Waals surface area contributed by atoms with Gasteiger partial charge in [0.25, 0.3) is 0 Å². The summed E-state index contributed by atoms with van der Waals surface area (Å²) in [5.41, 5.74) is 0.363. The van der Waals surface area contributed by atoms with Crippen LogP contribution < -0.4 is 0 Å². The van der Waals surface area contributed by atoms with E-state index in [1.54, 1.807) is 15.3 Å². The van der Waals surface area contributed by atoms with Crippen LogP contribution in [0.3, 0.4) is 0 Å². The highest BCUT2D eigenvalue weighted by Gasteiger charge is 2.20. The number of hydrogen-bond donors (Lipinski definition) is 0. The van der Waals surface area contributed by atoms with Gasteiger partial charge in [0.05, 0.1) is 0 Å². The van der Waals surface area contributed by atoms with Gasteiger partial charge in [-0.2, -0.15) is 0 Å². The van der Waals surface area contributed by atoms with Crippen LogP contribution in [0.2, 0.25) is 0 Å². The predicted molar refractivity (Wildman–Crippen MR) is 73.5 cm³/mol. The zero-order valence-electron chi connectivity index (χ0n) is 9.91. The summed E-state index contributed by atoms with van der Waals surface area (Å²) in [6.07, 6.45) is 1.30. The minimum Gasteiger partial charge on any atom is -0.108 e. The van der Waals surface area contributed by atoms with Crippen LogP contribution in [0.1, 0.15) is 32.7 Å². The molecule has 0 aliphatic rings. The summed E-state index contributed by atoms with van der Waals surface area (Å²) in [6, 6.07) is 8.97. The van der Waals surface area contributed by atoms with Crippen molar-refractivity contribution >= 4 is 26.0 Å². The van der Waals surface area contributed by atoms with Gasteiger partial charge in [-0.1, -0.05) is 54.1 Å². The number of benzene rings is 1. The van der Waals surface area contributed by atoms with Gasteiger partial charge in [0.1, 0.15) is 0 Å². The van der Waals surface area contributed by atoms with Crippen LogP contribution in [0, 0.1) is 0 Å². The molecule has 0 aliphatic heterocycles. The van der Waals surface area contributed by atoms with E-state index in [-0.39, 0.29) is 7.53 Å². The van der Waals surface area contributed by atoms with Gasteiger partial charge >= 0.3 is 0 Å². The predicted octanol–water partition coefficient (Wildman–Crippen LogP) is 5.72. The normalized spacial score (nSPS) is 14.0. The van der Waals surface area contributed by atoms with Crippen molar-refractivity contribution in [1.29, 1.82) is 0 Å². The molecule has 0 aliphatic carbocycles. The Hall–Kier alpha value is -0.310. The molecule has 0 amide bonds. The van der Waals surface area contributed by atoms with Crippen LogP contribution in [0.5, 0.6) is 0 Å². The molecule has 1 aromatic carbocycles. The van der Waals surface area contributed by atoms with E-state index in [1.807, 2.05) is 0 Å². The highest BCUT2D eigenvalue weighted by Crippen LogP contribution is 2.55. The van der Waals surface area contributed by atoms with Crippen molar-refractivity contribution in [3.8, 4) is 0 Å². The van der Waals surface area contributed by atoms with Gasteiger partial charge < -0.3 is 0 Å². The van der Waals surface area contributed by atoms with Crippen LogP contribution in [0.4, 0.5) is 0 Å². The fraction of sp³-hybridized carbons (Fsp3) is 0.462. The molecule has 1 atom stereocenters. The molecule has 1 aromatic heterocycles. The summed E-state index contributed by atoms with van der Waals surface area (Å²) in [7, 11) is 1.48. The number of fused-ring (bicyclic) bond motifs is 1. The van der Waals surface area contributed by atoms with Gasteiger partial charge in [-0.3, -0.25) is 0 Å². The minimum atomic E-state index is -0.00592. The molecule has 80 valence electrons. The minimum absolute atomic E-state index is 0.00592. The summed E-state index contributed by atoms with van der Waals surface area (Å²) >= 11 is 0. The lowest BCUT2D eigenvalue weighted by molar-refractivity contribution is 0.615. The fourth-order valence-corrected chi connectivity index (χ4v) is 7.24. The first-order valence-corrected chi connectivity index (χ1v) is 7.92. The summed E-state index contributed by atoms with van der Waals surface area (Å²) in [5.74, 6) is 0. The largest absolute Gasteiger partial charge is 0.108 e. The standard InChI is InChI=1S/C13H18P2/c1-5-15-11-9-7-6-8-10(11)14-12(15)13(2,3)4/h6-9H,5H2,1-4H3. The smallest absolute Gasteiger partial charge is 0.0136 e. The molecule has 0 saturated carbocycles. The molecular weight excluding hydrogens is 218 g/mol. The van der Waals surface area contributed by atoms with Crippen LogP contribution in [-0.4, -0.2) is 0 Å². The van der Waals surface area contributed by atoms with Gasteiger partial charge in [0.2, 0.25) is 0 Å². The van der Waals surface area contributed by atoms with Crippen molar-refractivity contribution in [3.63, 3.8) is 0 Å². The second-order valence-corrected chi connectivity index (χ2v) is 8.84. The Morgan fingerprint density at radius 2 is 1.87 bits per heavy atom. The second kappa shape index (κ2) is 3.93. The third kappa shape index (κ3) is 1.99. The Labute approximate surface area is 94.9 Å². The second-order valence-electron chi connectivity index (χ2n) is 4.92. The molecule has 2 aromatic rings. The van der Waals surface area contributed by atoms with Gasteiger partial charge in [0.15, 0.2) is 0 Å². The van der Waals surface area contributed by atoms with Crippen molar-refractivity contribution in [1.82, 2.24) is 0 Å². The van der Waals surface area contributed by atoms with Crippen molar-refractivity contribution in [3.05, 3.63) is 29.3 Å². The first-order chi connectivity index (χ1) is 7.04. The lowest BCUT2D eigenvalue weighted by atomic mass is 10.0. The lowest BCUT2D eigenvalue weighted by Crippen LogP contribution is -2.07. The third-order valence-electron chi connectivity index (χ3n) is 2.64. The molecule has 1 heterocycles. The maximum Gasteiger partial charge on any atom is 0.0136 e. The summed E-state index contributed by atoms with van der Waals surface area (Å²) in [4.78, 5) is 0. The van der Waals surface area contributed by atoms with Crippen LogP contribution in [0.15, 0.2) is 24.3 Å². The van der Waals surface area contributed by atoms with E-state index in [0.717, 1.165) is 0 Å². The van der Waals surface area contributed by atoms with Crippen LogP contribution >= 0.6 is 15.7 Å². The summed E-state index contributed by atoms with van der Waals surface area (Å²) in [5, 5.41) is 4.93. The van der Waals surface area contributed by atoms with Crippen molar-refractivity contribution < 1.29 is 0 Å². The Morgan fingerprint density at radius 3 is 2.47 bits per heavy atom. The SMILES string of the molecule is CCp1c(C(C)(C)C)pc2ccccc21. The van der Waals surface area contributed by atoms with Gasteiger partial charge in [-0.15, -0.1) is 7.53 Å². The molecule has 0 N–H and O–H groups in total. The molecule has 2 heteroatoms. The average Bonchev–Trinajstić information content (AvgIpc) is 2.55. The van der Waals surface area contributed by atoms with Crippen molar-refractivity contribution in [2.45, 2.75) is 39.3 Å². The molecule has 0 fully saturated rings. The van der Waals surface area contributed by atoms with E-state index in [2.05, 4.69) is 52.0 Å². The maximum absolute atomic E-state index is 2.35. The highest BCUT2D eigenvalue weighted by molar-refractivity contribution is 7.67. The first-order valence-electron chi connectivity index (χ1n) is 5.50. The Kier molecular flexibility index (Phi) is 2.93. The van der Waals surface area contributed by atoms with E-state index in [1.165, 1.54) is 14.4 Å². The maximum atomic E-state index is 2.35. The number of hydrogen-bond acceptors (Lipinski definition) is 0. The summed E-state index contributed by atoms with van der Waals surface area (Å²) in [6.45, 7) is 9.39. The fourth-order valence-electron chi connectivity index (χ4n) is 1.97. The third-order valence-corrected chi connectivity index (χ3v) is 8.14. The average molecular weight is 236 g/mol. The van der Waals surface area contributed by atoms with Crippen molar-refractivity contribution in [2.24, 2.45) is 0 Å². The van der Waals surface area contributed by atoms with E-state index in [0.29, 0.717) is 5.41 Å². The van der Waals surface area contributed by atoms with E-state index in [9.17, 15) is 0 Å².